The van der Waals surface area contributed by atoms with Gasteiger partial charge in [-0.2, -0.15) is 0 Å². The van der Waals surface area contributed by atoms with E-state index in [-0.39, 0.29) is 11.9 Å². The second-order valence-electron chi connectivity index (χ2n) is 6.33. The van der Waals surface area contributed by atoms with Gasteiger partial charge in [0, 0.05) is 12.5 Å². The summed E-state index contributed by atoms with van der Waals surface area (Å²) in [5.41, 5.74) is 1.02. The number of nitrogens with zero attached hydrogens (tertiary/aromatic N) is 1. The van der Waals surface area contributed by atoms with Crippen molar-refractivity contribution in [2.75, 3.05) is 37.7 Å². The second-order valence-corrected chi connectivity index (χ2v) is 8.56. The zero-order valence-electron chi connectivity index (χ0n) is 13.1. The van der Waals surface area contributed by atoms with Crippen molar-refractivity contribution < 1.29 is 18.1 Å². The molecule has 0 bridgehead atoms. The Kier molecular flexibility index (Phi) is 4.82. The van der Waals surface area contributed by atoms with E-state index in [4.69, 9.17) is 0 Å². The minimum Gasteiger partial charge on any atom is -0.329 e. The average Bonchev–Trinajstić information content (AvgIpc) is 2.94. The average molecular weight is 335 g/mol. The molecule has 6 heteroatoms. The van der Waals surface area contributed by atoms with Crippen molar-refractivity contribution in [1.29, 1.82) is 0 Å². The molecule has 0 saturated carbocycles. The quantitative estimate of drug-likeness (QED) is 0.766. The Bertz CT molecular complexity index is 677. The lowest BCUT2D eigenvalue weighted by Gasteiger charge is -2.34. The lowest BCUT2D eigenvalue weighted by Crippen LogP contribution is -3.18. The summed E-state index contributed by atoms with van der Waals surface area (Å²) in [6.45, 7) is 3.07. The van der Waals surface area contributed by atoms with Gasteiger partial charge in [0.15, 0.2) is 9.84 Å². The number of hydrogen-bond donors (Lipinski definition) is 1. The Labute approximate surface area is 137 Å². The maximum absolute atomic E-state index is 12.2. The fourth-order valence-corrected chi connectivity index (χ4v) is 5.20. The Morgan fingerprint density at radius 3 is 2.48 bits per heavy atom. The Morgan fingerprint density at radius 1 is 1.17 bits per heavy atom. The SMILES string of the molecule is O=C(/C=C/c1ccccc1)N1CC[NH+]([C@H]2CCS(=O)(=O)C2)CC1. The zero-order valence-corrected chi connectivity index (χ0v) is 14.0. The molecule has 0 aromatic heterocycles. The van der Waals surface area contributed by atoms with Crippen LogP contribution in [0.15, 0.2) is 36.4 Å². The van der Waals surface area contributed by atoms with E-state index >= 15 is 0 Å². The van der Waals surface area contributed by atoms with Gasteiger partial charge in [0.05, 0.1) is 31.9 Å². The number of quaternary nitrogens is 1. The fraction of sp³-hybridized carbons (Fsp3) is 0.471. The third kappa shape index (κ3) is 4.20. The van der Waals surface area contributed by atoms with Gasteiger partial charge < -0.3 is 9.80 Å². The molecule has 0 spiro atoms. The van der Waals surface area contributed by atoms with E-state index in [1.165, 1.54) is 4.90 Å². The van der Waals surface area contributed by atoms with Crippen LogP contribution in [0, 0.1) is 0 Å². The smallest absolute Gasteiger partial charge is 0.246 e. The van der Waals surface area contributed by atoms with E-state index in [0.29, 0.717) is 24.6 Å². The Hall–Kier alpha value is -1.66. The molecule has 0 unspecified atom stereocenters. The first kappa shape index (κ1) is 16.2. The number of amides is 1. The van der Waals surface area contributed by atoms with E-state index < -0.39 is 9.84 Å². The molecule has 2 fully saturated rings. The first-order valence-corrected chi connectivity index (χ1v) is 9.93. The number of rotatable bonds is 3. The number of hydrogen-bond acceptors (Lipinski definition) is 3. The third-order valence-electron chi connectivity index (χ3n) is 4.75. The molecule has 1 N–H and O–H groups in total. The van der Waals surface area contributed by atoms with Gasteiger partial charge in [-0.3, -0.25) is 4.79 Å². The van der Waals surface area contributed by atoms with Crippen molar-refractivity contribution in [3.8, 4) is 0 Å². The summed E-state index contributed by atoms with van der Waals surface area (Å²) < 4.78 is 23.2. The summed E-state index contributed by atoms with van der Waals surface area (Å²) in [5, 5.41) is 0. The Morgan fingerprint density at radius 2 is 1.87 bits per heavy atom. The number of nitrogens with one attached hydrogen (secondary N) is 1. The van der Waals surface area contributed by atoms with Crippen LogP contribution in [0.3, 0.4) is 0 Å². The van der Waals surface area contributed by atoms with Gasteiger partial charge in [-0.1, -0.05) is 30.3 Å². The van der Waals surface area contributed by atoms with Crippen LogP contribution in [0.4, 0.5) is 0 Å². The molecule has 2 aliphatic rings. The van der Waals surface area contributed by atoms with Gasteiger partial charge in [-0.05, 0) is 11.6 Å². The van der Waals surface area contributed by atoms with Gasteiger partial charge >= 0.3 is 0 Å². The predicted molar refractivity (Wildman–Crippen MR) is 89.8 cm³/mol. The lowest BCUT2D eigenvalue weighted by molar-refractivity contribution is -0.925. The van der Waals surface area contributed by atoms with Crippen LogP contribution in [0.25, 0.3) is 6.08 Å². The highest BCUT2D eigenvalue weighted by Gasteiger charge is 2.37. The molecule has 2 saturated heterocycles. The molecule has 0 radical (unpaired) electrons. The molecule has 124 valence electrons. The standard InChI is InChI=1S/C17H22N2O3S/c20-17(7-6-15-4-2-1-3-5-15)19-11-9-18(10-12-19)16-8-13-23(21,22)14-16/h1-7,16H,8-14H2/p+1/b7-6+/t16-/m0/s1. The molecule has 0 aliphatic carbocycles. The molecule has 23 heavy (non-hydrogen) atoms. The van der Waals surface area contributed by atoms with E-state index in [2.05, 4.69) is 0 Å². The fourth-order valence-electron chi connectivity index (χ4n) is 3.38. The Balaban J connectivity index is 1.51. The highest BCUT2D eigenvalue weighted by Crippen LogP contribution is 2.09. The minimum absolute atomic E-state index is 0.0342. The van der Waals surface area contributed by atoms with Crippen molar-refractivity contribution in [3.63, 3.8) is 0 Å². The maximum atomic E-state index is 12.2. The van der Waals surface area contributed by atoms with E-state index in [1.54, 1.807) is 6.08 Å². The molecule has 5 nitrogen and oxygen atoms in total. The second kappa shape index (κ2) is 6.84. The van der Waals surface area contributed by atoms with E-state index in [0.717, 1.165) is 25.1 Å². The molecule has 2 aliphatic heterocycles. The summed E-state index contributed by atoms with van der Waals surface area (Å²) >= 11 is 0. The van der Waals surface area contributed by atoms with Gasteiger partial charge in [0.25, 0.3) is 0 Å². The van der Waals surface area contributed by atoms with Gasteiger partial charge in [-0.15, -0.1) is 0 Å². The number of sulfone groups is 1. The molecule has 1 aromatic rings. The molecule has 1 aromatic carbocycles. The highest BCUT2D eigenvalue weighted by atomic mass is 32.2. The summed E-state index contributed by atoms with van der Waals surface area (Å²) in [5.74, 6) is 0.667. The molecule has 1 amide bonds. The van der Waals surface area contributed by atoms with Crippen LogP contribution in [-0.2, 0) is 14.6 Å². The van der Waals surface area contributed by atoms with Gasteiger partial charge in [0.2, 0.25) is 5.91 Å². The van der Waals surface area contributed by atoms with E-state index in [9.17, 15) is 13.2 Å². The van der Waals surface area contributed by atoms with Crippen LogP contribution < -0.4 is 4.90 Å². The molecule has 3 rings (SSSR count). The monoisotopic (exact) mass is 335 g/mol. The van der Waals surface area contributed by atoms with Crippen molar-refractivity contribution >= 4 is 21.8 Å². The zero-order chi connectivity index (χ0) is 16.3. The third-order valence-corrected chi connectivity index (χ3v) is 6.51. The van der Waals surface area contributed by atoms with Gasteiger partial charge in [-0.25, -0.2) is 8.42 Å². The van der Waals surface area contributed by atoms with E-state index in [1.807, 2.05) is 41.3 Å². The predicted octanol–water partition coefficient (Wildman–Crippen LogP) is -0.386. The topological polar surface area (TPSA) is 58.9 Å². The number of carbonyl (C=O) groups excluding carboxylic acids is 1. The summed E-state index contributed by atoms with van der Waals surface area (Å²) in [7, 11) is -2.83. The largest absolute Gasteiger partial charge is 0.329 e. The van der Waals surface area contributed by atoms with Gasteiger partial charge in [0.1, 0.15) is 11.8 Å². The summed E-state index contributed by atoms with van der Waals surface area (Å²) in [4.78, 5) is 15.4. The number of carbonyl (C=O) groups is 1. The van der Waals surface area contributed by atoms with Crippen LogP contribution in [-0.4, -0.2) is 63.0 Å². The van der Waals surface area contributed by atoms with Crippen LogP contribution in [0.1, 0.15) is 12.0 Å². The molecule has 1 atom stereocenters. The number of benzene rings is 1. The van der Waals surface area contributed by atoms with Crippen LogP contribution >= 0.6 is 0 Å². The number of piperazine rings is 1. The maximum Gasteiger partial charge on any atom is 0.246 e. The van der Waals surface area contributed by atoms with Crippen LogP contribution in [0.5, 0.6) is 0 Å². The molecular weight excluding hydrogens is 312 g/mol. The normalized spacial score (nSPS) is 25.0. The highest BCUT2D eigenvalue weighted by molar-refractivity contribution is 7.91. The van der Waals surface area contributed by atoms with Crippen molar-refractivity contribution in [3.05, 3.63) is 42.0 Å². The van der Waals surface area contributed by atoms with Crippen LogP contribution in [0.2, 0.25) is 0 Å². The minimum atomic E-state index is -2.83. The summed E-state index contributed by atoms with van der Waals surface area (Å²) in [6, 6.07) is 9.99. The van der Waals surface area contributed by atoms with Crippen molar-refractivity contribution in [2.45, 2.75) is 12.5 Å². The van der Waals surface area contributed by atoms with Crippen molar-refractivity contribution in [2.24, 2.45) is 0 Å². The van der Waals surface area contributed by atoms with Crippen molar-refractivity contribution in [1.82, 2.24) is 4.90 Å². The first-order valence-electron chi connectivity index (χ1n) is 8.10. The summed E-state index contributed by atoms with van der Waals surface area (Å²) in [6.07, 6.45) is 4.23. The molecule has 2 heterocycles. The molecular formula is C17H23N2O3S+. The lowest BCUT2D eigenvalue weighted by atomic mass is 10.2. The first-order chi connectivity index (χ1) is 11.0.